The molecule has 0 spiro atoms. The van der Waals surface area contributed by atoms with E-state index in [0.717, 1.165) is 38.5 Å². The Morgan fingerprint density at radius 2 is 1.65 bits per heavy atom. The van der Waals surface area contributed by atoms with Gasteiger partial charge in [-0.2, -0.15) is 17.0 Å². The smallest absolute Gasteiger partial charge is 0.281 e. The fraction of sp³-hybridized carbons (Fsp3) is 1.00. The Hall–Kier alpha value is -0.170. The number of hydrogen-bond donors (Lipinski definition) is 1. The van der Waals surface area contributed by atoms with Crippen molar-refractivity contribution in [2.75, 3.05) is 32.8 Å². The van der Waals surface area contributed by atoms with Gasteiger partial charge < -0.3 is 5.11 Å². The van der Waals surface area contributed by atoms with E-state index in [2.05, 4.69) is 6.92 Å². The van der Waals surface area contributed by atoms with Crippen molar-refractivity contribution in [3.8, 4) is 0 Å². The van der Waals surface area contributed by atoms with Crippen LogP contribution in [0.5, 0.6) is 0 Å². The molecule has 2 heterocycles. The highest BCUT2D eigenvalue weighted by Crippen LogP contribution is 2.25. The van der Waals surface area contributed by atoms with Crippen molar-refractivity contribution in [2.24, 2.45) is 11.8 Å². The van der Waals surface area contributed by atoms with Gasteiger partial charge in [0.1, 0.15) is 0 Å². The quantitative estimate of drug-likeness (QED) is 0.855. The second-order valence-electron chi connectivity index (χ2n) is 6.16. The molecule has 20 heavy (non-hydrogen) atoms. The number of rotatable bonds is 4. The van der Waals surface area contributed by atoms with Gasteiger partial charge in [0.2, 0.25) is 0 Å². The summed E-state index contributed by atoms with van der Waals surface area (Å²) in [5.74, 6) is 0.774. The fourth-order valence-corrected chi connectivity index (χ4v) is 5.11. The zero-order valence-corrected chi connectivity index (χ0v) is 13.3. The van der Waals surface area contributed by atoms with Crippen molar-refractivity contribution >= 4 is 10.2 Å². The third-order valence-electron chi connectivity index (χ3n) is 4.78. The van der Waals surface area contributed by atoms with Gasteiger partial charge in [-0.05, 0) is 43.9 Å². The molecule has 6 heteroatoms. The summed E-state index contributed by atoms with van der Waals surface area (Å²) < 4.78 is 28.7. The lowest BCUT2D eigenvalue weighted by molar-refractivity contribution is 0.160. The van der Waals surface area contributed by atoms with Crippen molar-refractivity contribution in [1.29, 1.82) is 0 Å². The van der Waals surface area contributed by atoms with Gasteiger partial charge in [-0.25, -0.2) is 0 Å². The molecule has 0 aromatic carbocycles. The van der Waals surface area contributed by atoms with Crippen LogP contribution in [0.25, 0.3) is 0 Å². The first-order valence-electron chi connectivity index (χ1n) is 7.94. The van der Waals surface area contributed by atoms with Gasteiger partial charge in [-0.1, -0.05) is 13.3 Å². The zero-order chi connectivity index (χ0) is 14.6. The molecule has 0 radical (unpaired) electrons. The van der Waals surface area contributed by atoms with Crippen LogP contribution in [-0.2, 0) is 10.2 Å². The lowest BCUT2D eigenvalue weighted by Gasteiger charge is -2.34. The summed E-state index contributed by atoms with van der Waals surface area (Å²) in [5.41, 5.74) is 0. The first kappa shape index (κ1) is 16.2. The third-order valence-corrected chi connectivity index (χ3v) is 6.78. The maximum atomic E-state index is 12.7. The van der Waals surface area contributed by atoms with Gasteiger partial charge in [0.05, 0.1) is 0 Å². The van der Waals surface area contributed by atoms with Crippen molar-refractivity contribution in [3.05, 3.63) is 0 Å². The van der Waals surface area contributed by atoms with Crippen LogP contribution in [0.1, 0.15) is 45.4 Å². The van der Waals surface area contributed by atoms with E-state index < -0.39 is 10.2 Å². The summed E-state index contributed by atoms with van der Waals surface area (Å²) in [6, 6.07) is 0. The second kappa shape index (κ2) is 7.20. The minimum atomic E-state index is -3.33. The Morgan fingerprint density at radius 1 is 1.00 bits per heavy atom. The third kappa shape index (κ3) is 3.72. The first-order valence-corrected chi connectivity index (χ1v) is 9.33. The molecule has 2 aliphatic heterocycles. The van der Waals surface area contributed by atoms with Gasteiger partial charge >= 0.3 is 0 Å². The van der Waals surface area contributed by atoms with Gasteiger partial charge in [-0.15, -0.1) is 0 Å². The summed E-state index contributed by atoms with van der Waals surface area (Å²) in [5, 5.41) is 9.26. The molecule has 0 saturated carbocycles. The Labute approximate surface area is 123 Å². The van der Waals surface area contributed by atoms with Crippen LogP contribution in [-0.4, -0.2) is 54.9 Å². The topological polar surface area (TPSA) is 60.9 Å². The molecule has 2 fully saturated rings. The van der Waals surface area contributed by atoms with E-state index in [4.69, 9.17) is 0 Å². The number of aliphatic hydroxyl groups is 1. The van der Waals surface area contributed by atoms with Crippen molar-refractivity contribution in [3.63, 3.8) is 0 Å². The minimum Gasteiger partial charge on any atom is -0.396 e. The van der Waals surface area contributed by atoms with E-state index in [1.165, 1.54) is 0 Å². The highest BCUT2D eigenvalue weighted by Gasteiger charge is 2.34. The average Bonchev–Trinajstić information content (AvgIpc) is 2.73. The van der Waals surface area contributed by atoms with E-state index in [1.54, 1.807) is 8.61 Å². The summed E-state index contributed by atoms with van der Waals surface area (Å²) in [7, 11) is -3.33. The van der Waals surface area contributed by atoms with Crippen molar-refractivity contribution < 1.29 is 13.5 Å². The fourth-order valence-electron chi connectivity index (χ4n) is 3.33. The first-order chi connectivity index (χ1) is 9.57. The second-order valence-corrected chi connectivity index (χ2v) is 8.09. The van der Waals surface area contributed by atoms with E-state index in [-0.39, 0.29) is 12.5 Å². The predicted molar refractivity (Wildman–Crippen MR) is 79.5 cm³/mol. The van der Waals surface area contributed by atoms with Crippen LogP contribution >= 0.6 is 0 Å². The highest BCUT2D eigenvalue weighted by atomic mass is 32.2. The Bertz CT molecular complexity index is 399. The molecular weight excluding hydrogens is 276 g/mol. The highest BCUT2D eigenvalue weighted by molar-refractivity contribution is 7.86. The summed E-state index contributed by atoms with van der Waals surface area (Å²) >= 11 is 0. The molecule has 2 atom stereocenters. The number of piperidine rings is 1. The molecule has 1 N–H and O–H groups in total. The molecular formula is C14H28N2O3S. The molecule has 0 aromatic rings. The van der Waals surface area contributed by atoms with Crippen molar-refractivity contribution in [2.45, 2.75) is 45.4 Å². The molecule has 2 unspecified atom stereocenters. The van der Waals surface area contributed by atoms with E-state index in [0.29, 0.717) is 32.1 Å². The SMILES string of the molecule is CCC1CCCN(S(=O)(=O)N2CCCC(CO)C2)CC1. The molecule has 0 aromatic heterocycles. The van der Waals surface area contributed by atoms with Crippen molar-refractivity contribution in [1.82, 2.24) is 8.61 Å². The van der Waals surface area contributed by atoms with E-state index >= 15 is 0 Å². The Kier molecular flexibility index (Phi) is 5.84. The lowest BCUT2D eigenvalue weighted by atomic mass is 9.98. The van der Waals surface area contributed by atoms with Gasteiger partial charge in [0.25, 0.3) is 10.2 Å². The summed E-state index contributed by atoms with van der Waals surface area (Å²) in [4.78, 5) is 0. The summed E-state index contributed by atoms with van der Waals surface area (Å²) in [6.45, 7) is 4.66. The lowest BCUT2D eigenvalue weighted by Crippen LogP contribution is -2.48. The maximum Gasteiger partial charge on any atom is 0.281 e. The van der Waals surface area contributed by atoms with E-state index in [1.807, 2.05) is 0 Å². The Balaban J connectivity index is 2.01. The normalized spacial score (nSPS) is 31.1. The molecule has 0 amide bonds. The van der Waals surface area contributed by atoms with Crippen LogP contribution in [0.3, 0.4) is 0 Å². The molecule has 118 valence electrons. The Morgan fingerprint density at radius 3 is 2.30 bits per heavy atom. The predicted octanol–water partition coefficient (Wildman–Crippen LogP) is 1.45. The number of aliphatic hydroxyl groups excluding tert-OH is 1. The van der Waals surface area contributed by atoms with Gasteiger partial charge in [0, 0.05) is 32.8 Å². The van der Waals surface area contributed by atoms with Gasteiger partial charge in [0.15, 0.2) is 0 Å². The largest absolute Gasteiger partial charge is 0.396 e. The molecule has 0 aliphatic carbocycles. The molecule has 2 aliphatic rings. The molecule has 2 rings (SSSR count). The van der Waals surface area contributed by atoms with Crippen LogP contribution in [0, 0.1) is 11.8 Å². The van der Waals surface area contributed by atoms with Crippen LogP contribution < -0.4 is 0 Å². The number of hydrogen-bond acceptors (Lipinski definition) is 3. The molecule has 2 saturated heterocycles. The van der Waals surface area contributed by atoms with Gasteiger partial charge in [-0.3, -0.25) is 0 Å². The van der Waals surface area contributed by atoms with E-state index in [9.17, 15) is 13.5 Å². The molecule has 0 bridgehead atoms. The maximum absolute atomic E-state index is 12.7. The summed E-state index contributed by atoms with van der Waals surface area (Å²) in [6.07, 6.45) is 6.02. The zero-order valence-electron chi connectivity index (χ0n) is 12.5. The van der Waals surface area contributed by atoms with Crippen LogP contribution in [0.2, 0.25) is 0 Å². The van der Waals surface area contributed by atoms with Crippen LogP contribution in [0.15, 0.2) is 0 Å². The minimum absolute atomic E-state index is 0.0872. The average molecular weight is 304 g/mol. The number of nitrogens with zero attached hydrogens (tertiary/aromatic N) is 2. The van der Waals surface area contributed by atoms with Crippen LogP contribution in [0.4, 0.5) is 0 Å². The standard InChI is InChI=1S/C14H28N2O3S/c1-2-13-5-3-8-15(10-7-13)20(18,19)16-9-4-6-14(11-16)12-17/h13-14,17H,2-12H2,1H3. The molecule has 5 nitrogen and oxygen atoms in total. The monoisotopic (exact) mass is 304 g/mol.